The molecule has 3 aromatic rings. The van der Waals surface area contributed by atoms with Crippen LogP contribution in [0.3, 0.4) is 0 Å². The average molecular weight is 351 g/mol. The first-order chi connectivity index (χ1) is 12.5. The van der Waals surface area contributed by atoms with E-state index in [4.69, 9.17) is 5.73 Å². The van der Waals surface area contributed by atoms with E-state index in [-0.39, 0.29) is 23.8 Å². The highest BCUT2D eigenvalue weighted by Gasteiger charge is 2.14. The number of para-hydroxylation sites is 1. The molecule has 132 valence electrons. The molecule has 5 nitrogen and oxygen atoms in total. The maximum absolute atomic E-state index is 12.9. The van der Waals surface area contributed by atoms with Gasteiger partial charge in [0.25, 0.3) is 5.91 Å². The summed E-state index contributed by atoms with van der Waals surface area (Å²) in [6, 6.07) is 15.2. The Labute approximate surface area is 150 Å². The summed E-state index contributed by atoms with van der Waals surface area (Å²) in [6.45, 7) is 0. The number of pyridine rings is 1. The summed E-state index contributed by atoms with van der Waals surface area (Å²) in [5.74, 6) is -1.21. The van der Waals surface area contributed by atoms with Crippen LogP contribution in [0.1, 0.15) is 28.9 Å². The van der Waals surface area contributed by atoms with Gasteiger partial charge in [-0.2, -0.15) is 0 Å². The SMILES string of the molecule is NC(=O)c1nc2ccccc2cc1NC(=O)CCCc1ccc(F)cc1. The van der Waals surface area contributed by atoms with Gasteiger partial charge >= 0.3 is 0 Å². The molecule has 0 saturated heterocycles. The zero-order valence-corrected chi connectivity index (χ0v) is 14.0. The van der Waals surface area contributed by atoms with Crippen LogP contribution in [0.15, 0.2) is 54.6 Å². The monoisotopic (exact) mass is 351 g/mol. The number of rotatable bonds is 6. The molecule has 26 heavy (non-hydrogen) atoms. The van der Waals surface area contributed by atoms with Crippen LogP contribution in [0.2, 0.25) is 0 Å². The zero-order valence-electron chi connectivity index (χ0n) is 14.0. The number of carbonyl (C=O) groups is 2. The highest BCUT2D eigenvalue weighted by Crippen LogP contribution is 2.21. The number of nitrogens with one attached hydrogen (secondary N) is 1. The van der Waals surface area contributed by atoms with Gasteiger partial charge in [-0.25, -0.2) is 9.37 Å². The molecule has 0 aliphatic heterocycles. The normalized spacial score (nSPS) is 10.7. The number of primary amides is 1. The molecule has 0 fully saturated rings. The number of hydrogen-bond donors (Lipinski definition) is 2. The van der Waals surface area contributed by atoms with Crippen molar-refractivity contribution in [2.75, 3.05) is 5.32 Å². The predicted molar refractivity (Wildman–Crippen MR) is 98.2 cm³/mol. The van der Waals surface area contributed by atoms with E-state index in [9.17, 15) is 14.0 Å². The summed E-state index contributed by atoms with van der Waals surface area (Å²) in [5, 5.41) is 3.52. The molecule has 0 bridgehead atoms. The Morgan fingerprint density at radius 2 is 1.81 bits per heavy atom. The molecule has 0 spiro atoms. The van der Waals surface area contributed by atoms with Crippen LogP contribution in [-0.2, 0) is 11.2 Å². The lowest BCUT2D eigenvalue weighted by atomic mass is 10.1. The highest BCUT2D eigenvalue weighted by molar-refractivity contribution is 6.04. The summed E-state index contributed by atoms with van der Waals surface area (Å²) < 4.78 is 12.9. The Morgan fingerprint density at radius 1 is 1.08 bits per heavy atom. The Hall–Kier alpha value is -3.28. The van der Waals surface area contributed by atoms with Crippen LogP contribution in [0.25, 0.3) is 10.9 Å². The average Bonchev–Trinajstić information content (AvgIpc) is 2.62. The maximum Gasteiger partial charge on any atom is 0.269 e. The molecule has 0 atom stereocenters. The molecule has 0 aliphatic carbocycles. The molecule has 0 unspecified atom stereocenters. The van der Waals surface area contributed by atoms with Crippen molar-refractivity contribution >= 4 is 28.4 Å². The molecule has 0 saturated carbocycles. The molecular weight excluding hydrogens is 333 g/mol. The molecule has 2 aromatic carbocycles. The molecule has 1 heterocycles. The van der Waals surface area contributed by atoms with E-state index >= 15 is 0 Å². The van der Waals surface area contributed by atoms with E-state index in [1.807, 2.05) is 18.2 Å². The number of amides is 2. The molecule has 0 radical (unpaired) electrons. The Bertz CT molecular complexity index is 955. The van der Waals surface area contributed by atoms with Crippen LogP contribution >= 0.6 is 0 Å². The molecule has 3 N–H and O–H groups in total. The fraction of sp³-hybridized carbons (Fsp3) is 0.150. The van der Waals surface area contributed by atoms with Crippen molar-refractivity contribution in [2.45, 2.75) is 19.3 Å². The number of fused-ring (bicyclic) bond motifs is 1. The van der Waals surface area contributed by atoms with Crippen molar-refractivity contribution in [3.05, 3.63) is 71.7 Å². The summed E-state index contributed by atoms with van der Waals surface area (Å²) in [6.07, 6.45) is 1.53. The van der Waals surface area contributed by atoms with Gasteiger partial charge in [0.15, 0.2) is 5.69 Å². The lowest BCUT2D eigenvalue weighted by molar-refractivity contribution is -0.116. The van der Waals surface area contributed by atoms with Gasteiger partial charge in [-0.1, -0.05) is 30.3 Å². The topological polar surface area (TPSA) is 85.1 Å². The second-order valence-corrected chi connectivity index (χ2v) is 5.97. The number of benzene rings is 2. The second kappa shape index (κ2) is 7.74. The minimum Gasteiger partial charge on any atom is -0.364 e. The highest BCUT2D eigenvalue weighted by atomic mass is 19.1. The van der Waals surface area contributed by atoms with Gasteiger partial charge in [0.1, 0.15) is 5.82 Å². The van der Waals surface area contributed by atoms with E-state index in [1.54, 1.807) is 24.3 Å². The number of nitrogens with zero attached hydrogens (tertiary/aromatic N) is 1. The molecule has 0 aliphatic rings. The Morgan fingerprint density at radius 3 is 2.54 bits per heavy atom. The molecule has 1 aromatic heterocycles. The molecule has 3 rings (SSSR count). The standard InChI is InChI=1S/C20H18FN3O2/c21-15-10-8-13(9-11-15)4-3-7-18(25)23-17-12-14-5-1-2-6-16(14)24-19(17)20(22)26/h1-2,5-6,8-12H,3-4,7H2,(H2,22,26)(H,23,25). The number of halogens is 1. The van der Waals surface area contributed by atoms with Crippen molar-refractivity contribution < 1.29 is 14.0 Å². The molecular formula is C20H18FN3O2. The third-order valence-corrected chi connectivity index (χ3v) is 4.01. The van der Waals surface area contributed by atoms with E-state index in [0.29, 0.717) is 24.0 Å². The fourth-order valence-electron chi connectivity index (χ4n) is 2.72. The van der Waals surface area contributed by atoms with E-state index in [2.05, 4.69) is 10.3 Å². The first kappa shape index (κ1) is 17.5. The number of carbonyl (C=O) groups excluding carboxylic acids is 2. The second-order valence-electron chi connectivity index (χ2n) is 5.97. The van der Waals surface area contributed by atoms with Gasteiger partial charge in [0.05, 0.1) is 11.2 Å². The quantitative estimate of drug-likeness (QED) is 0.713. The van der Waals surface area contributed by atoms with Gasteiger partial charge < -0.3 is 11.1 Å². The summed E-state index contributed by atoms with van der Waals surface area (Å²) in [7, 11) is 0. The van der Waals surface area contributed by atoms with E-state index in [1.165, 1.54) is 12.1 Å². The first-order valence-corrected chi connectivity index (χ1v) is 8.27. The smallest absolute Gasteiger partial charge is 0.269 e. The fourth-order valence-corrected chi connectivity index (χ4v) is 2.72. The largest absolute Gasteiger partial charge is 0.364 e. The third kappa shape index (κ3) is 4.22. The zero-order chi connectivity index (χ0) is 18.5. The number of aromatic nitrogens is 1. The van der Waals surface area contributed by atoms with Gasteiger partial charge in [0, 0.05) is 11.8 Å². The van der Waals surface area contributed by atoms with Crippen LogP contribution in [0, 0.1) is 5.82 Å². The summed E-state index contributed by atoms with van der Waals surface area (Å²) in [4.78, 5) is 28.1. The van der Waals surface area contributed by atoms with Crippen LogP contribution < -0.4 is 11.1 Å². The number of anilines is 1. The summed E-state index contributed by atoms with van der Waals surface area (Å²) in [5.41, 5.74) is 7.33. The number of nitrogens with two attached hydrogens (primary N) is 1. The molecule has 2 amide bonds. The van der Waals surface area contributed by atoms with Crippen LogP contribution in [0.4, 0.5) is 10.1 Å². The lowest BCUT2D eigenvalue weighted by Crippen LogP contribution is -2.19. The van der Waals surface area contributed by atoms with Crippen LogP contribution in [-0.4, -0.2) is 16.8 Å². The van der Waals surface area contributed by atoms with Crippen molar-refractivity contribution in [3.8, 4) is 0 Å². The summed E-state index contributed by atoms with van der Waals surface area (Å²) >= 11 is 0. The third-order valence-electron chi connectivity index (χ3n) is 4.01. The van der Waals surface area contributed by atoms with E-state index < -0.39 is 5.91 Å². The minimum absolute atomic E-state index is 0.0376. The van der Waals surface area contributed by atoms with Gasteiger partial charge in [0.2, 0.25) is 5.91 Å². The van der Waals surface area contributed by atoms with Crippen molar-refractivity contribution in [1.29, 1.82) is 0 Å². The van der Waals surface area contributed by atoms with Crippen molar-refractivity contribution in [2.24, 2.45) is 5.73 Å². The lowest BCUT2D eigenvalue weighted by Gasteiger charge is -2.10. The van der Waals surface area contributed by atoms with Crippen LogP contribution in [0.5, 0.6) is 0 Å². The van der Waals surface area contributed by atoms with Crippen molar-refractivity contribution in [3.63, 3.8) is 0 Å². The van der Waals surface area contributed by atoms with Gasteiger partial charge in [-0.3, -0.25) is 9.59 Å². The number of aryl methyl sites for hydroxylation is 1. The Kier molecular flexibility index (Phi) is 5.22. The first-order valence-electron chi connectivity index (χ1n) is 8.27. The Balaban J connectivity index is 1.67. The predicted octanol–water partition coefficient (Wildman–Crippen LogP) is 3.43. The number of hydrogen-bond acceptors (Lipinski definition) is 3. The van der Waals surface area contributed by atoms with Crippen molar-refractivity contribution in [1.82, 2.24) is 4.98 Å². The molecule has 6 heteroatoms. The van der Waals surface area contributed by atoms with E-state index in [0.717, 1.165) is 10.9 Å². The van der Waals surface area contributed by atoms with Gasteiger partial charge in [-0.05, 0) is 42.7 Å². The van der Waals surface area contributed by atoms with Gasteiger partial charge in [-0.15, -0.1) is 0 Å². The minimum atomic E-state index is -0.697. The maximum atomic E-state index is 12.9.